The van der Waals surface area contributed by atoms with Gasteiger partial charge in [0.15, 0.2) is 0 Å². The number of hydrogen-bond donors (Lipinski definition) is 2. The van der Waals surface area contributed by atoms with E-state index in [2.05, 4.69) is 12.2 Å². The first kappa shape index (κ1) is 10.1. The van der Waals surface area contributed by atoms with Crippen molar-refractivity contribution in [3.05, 3.63) is 0 Å². The van der Waals surface area contributed by atoms with Gasteiger partial charge < -0.3 is 10.4 Å². The molecular formula is C13H23NO. The molecule has 2 bridgehead atoms. The van der Waals surface area contributed by atoms with E-state index in [-0.39, 0.29) is 12.6 Å². The third kappa shape index (κ3) is 1.53. The highest BCUT2D eigenvalue weighted by molar-refractivity contribution is 5.05. The molecule has 2 N–H and O–H groups in total. The average molecular weight is 209 g/mol. The molecule has 2 heteroatoms. The van der Waals surface area contributed by atoms with Gasteiger partial charge in [-0.3, -0.25) is 0 Å². The van der Waals surface area contributed by atoms with Crippen LogP contribution >= 0.6 is 0 Å². The van der Waals surface area contributed by atoms with Crippen molar-refractivity contribution in [2.45, 2.75) is 51.1 Å². The van der Waals surface area contributed by atoms with Gasteiger partial charge in [-0.2, -0.15) is 0 Å². The molecule has 0 heterocycles. The minimum absolute atomic E-state index is 0.280. The van der Waals surface area contributed by atoms with Gasteiger partial charge in [0.1, 0.15) is 0 Å². The zero-order valence-corrected chi connectivity index (χ0v) is 9.65. The minimum Gasteiger partial charge on any atom is -0.395 e. The summed E-state index contributed by atoms with van der Waals surface area (Å²) in [4.78, 5) is 0. The van der Waals surface area contributed by atoms with Crippen LogP contribution in [-0.4, -0.2) is 23.8 Å². The molecule has 6 atom stereocenters. The number of rotatable bonds is 3. The third-order valence-corrected chi connectivity index (χ3v) is 5.20. The van der Waals surface area contributed by atoms with Gasteiger partial charge in [-0.25, -0.2) is 0 Å². The highest BCUT2D eigenvalue weighted by atomic mass is 16.3. The first-order valence-electron chi connectivity index (χ1n) is 6.66. The van der Waals surface area contributed by atoms with Gasteiger partial charge in [-0.15, -0.1) is 0 Å². The molecule has 3 fully saturated rings. The molecule has 0 aromatic carbocycles. The predicted octanol–water partition coefficient (Wildman–Crippen LogP) is 1.78. The van der Waals surface area contributed by atoms with Crippen molar-refractivity contribution < 1.29 is 5.11 Å². The zero-order valence-electron chi connectivity index (χ0n) is 9.65. The van der Waals surface area contributed by atoms with Crippen LogP contribution in [-0.2, 0) is 0 Å². The molecule has 0 radical (unpaired) electrons. The average Bonchev–Trinajstić information content (AvgIpc) is 2.87. The van der Waals surface area contributed by atoms with Crippen molar-refractivity contribution in [3.8, 4) is 0 Å². The van der Waals surface area contributed by atoms with E-state index >= 15 is 0 Å². The van der Waals surface area contributed by atoms with Crippen LogP contribution in [0.2, 0.25) is 0 Å². The smallest absolute Gasteiger partial charge is 0.0582 e. The van der Waals surface area contributed by atoms with Gasteiger partial charge in [0.2, 0.25) is 0 Å². The summed E-state index contributed by atoms with van der Waals surface area (Å²) in [6.07, 6.45) is 7.33. The van der Waals surface area contributed by atoms with Crippen LogP contribution in [0.15, 0.2) is 0 Å². The topological polar surface area (TPSA) is 32.3 Å². The molecule has 2 nitrogen and oxygen atoms in total. The van der Waals surface area contributed by atoms with Crippen molar-refractivity contribution in [2.75, 3.05) is 6.61 Å². The maximum atomic E-state index is 9.09. The second-order valence-electron chi connectivity index (χ2n) is 6.01. The molecule has 3 saturated carbocycles. The molecular weight excluding hydrogens is 186 g/mol. The van der Waals surface area contributed by atoms with Crippen molar-refractivity contribution in [1.82, 2.24) is 5.32 Å². The van der Waals surface area contributed by atoms with E-state index in [0.29, 0.717) is 0 Å². The summed E-state index contributed by atoms with van der Waals surface area (Å²) in [6, 6.07) is 1.01. The fourth-order valence-electron chi connectivity index (χ4n) is 4.68. The Labute approximate surface area is 92.4 Å². The Morgan fingerprint density at radius 1 is 1.20 bits per heavy atom. The van der Waals surface area contributed by atoms with Crippen molar-refractivity contribution >= 4 is 0 Å². The quantitative estimate of drug-likeness (QED) is 0.742. The summed E-state index contributed by atoms with van der Waals surface area (Å²) in [6.45, 7) is 2.38. The number of aliphatic hydroxyl groups is 1. The molecule has 0 aliphatic heterocycles. The number of fused-ring (bicyclic) bond motifs is 5. The normalized spacial score (nSPS) is 49.6. The lowest BCUT2D eigenvalue weighted by Crippen LogP contribution is -2.44. The monoisotopic (exact) mass is 209 g/mol. The van der Waals surface area contributed by atoms with E-state index in [1.54, 1.807) is 0 Å². The second-order valence-corrected chi connectivity index (χ2v) is 6.01. The zero-order chi connectivity index (χ0) is 10.4. The highest BCUT2D eigenvalue weighted by Gasteiger charge is 2.53. The van der Waals surface area contributed by atoms with Crippen LogP contribution in [0, 0.1) is 23.7 Å². The molecule has 0 aromatic heterocycles. The Morgan fingerprint density at radius 2 is 2.00 bits per heavy atom. The predicted molar refractivity (Wildman–Crippen MR) is 60.5 cm³/mol. The van der Waals surface area contributed by atoms with Crippen molar-refractivity contribution in [1.29, 1.82) is 0 Å². The van der Waals surface area contributed by atoms with Gasteiger partial charge in [0.05, 0.1) is 6.61 Å². The van der Waals surface area contributed by atoms with Crippen LogP contribution in [0.5, 0.6) is 0 Å². The van der Waals surface area contributed by atoms with Crippen LogP contribution in [0.4, 0.5) is 0 Å². The fourth-order valence-corrected chi connectivity index (χ4v) is 4.68. The molecule has 0 spiro atoms. The van der Waals surface area contributed by atoms with Crippen molar-refractivity contribution in [3.63, 3.8) is 0 Å². The van der Waals surface area contributed by atoms with Gasteiger partial charge >= 0.3 is 0 Å². The first-order chi connectivity index (χ1) is 7.29. The van der Waals surface area contributed by atoms with E-state index < -0.39 is 0 Å². The molecule has 86 valence electrons. The Balaban J connectivity index is 1.65. The number of aliphatic hydroxyl groups excluding tert-OH is 1. The Bertz CT molecular complexity index is 243. The Kier molecular flexibility index (Phi) is 2.52. The van der Waals surface area contributed by atoms with Crippen LogP contribution in [0.25, 0.3) is 0 Å². The third-order valence-electron chi connectivity index (χ3n) is 5.20. The largest absolute Gasteiger partial charge is 0.395 e. The molecule has 3 aliphatic carbocycles. The molecule has 0 amide bonds. The minimum atomic E-state index is 0.280. The molecule has 0 saturated heterocycles. The van der Waals surface area contributed by atoms with Crippen LogP contribution < -0.4 is 5.32 Å². The summed E-state index contributed by atoms with van der Waals surface area (Å²) in [7, 11) is 0. The summed E-state index contributed by atoms with van der Waals surface area (Å²) < 4.78 is 0. The van der Waals surface area contributed by atoms with E-state index in [0.717, 1.165) is 29.7 Å². The maximum absolute atomic E-state index is 9.09. The van der Waals surface area contributed by atoms with E-state index in [4.69, 9.17) is 5.11 Å². The highest BCUT2D eigenvalue weighted by Crippen LogP contribution is 2.58. The lowest BCUT2D eigenvalue weighted by molar-refractivity contribution is 0.176. The fraction of sp³-hybridized carbons (Fsp3) is 1.00. The molecule has 0 aromatic rings. The molecule has 3 aliphatic rings. The van der Waals surface area contributed by atoms with E-state index in [1.165, 1.54) is 32.1 Å². The number of nitrogens with one attached hydrogen (secondary N) is 1. The van der Waals surface area contributed by atoms with Crippen LogP contribution in [0.1, 0.15) is 39.0 Å². The Hall–Kier alpha value is -0.0800. The lowest BCUT2D eigenvalue weighted by atomic mass is 9.79. The molecule has 0 unspecified atom stereocenters. The van der Waals surface area contributed by atoms with Gasteiger partial charge in [0.25, 0.3) is 0 Å². The summed E-state index contributed by atoms with van der Waals surface area (Å²) >= 11 is 0. The maximum Gasteiger partial charge on any atom is 0.0582 e. The molecule has 15 heavy (non-hydrogen) atoms. The van der Waals surface area contributed by atoms with Gasteiger partial charge in [-0.05, 0) is 56.3 Å². The summed E-state index contributed by atoms with van der Waals surface area (Å²) in [5, 5.41) is 12.7. The SMILES string of the molecule is C[C@H](CO)N[C@@H]1C[C@H]2C[C@H]1[C@@H]1CCC[C@@H]21. The lowest BCUT2D eigenvalue weighted by Gasteiger charge is -2.33. The van der Waals surface area contributed by atoms with E-state index in [9.17, 15) is 0 Å². The van der Waals surface area contributed by atoms with Crippen molar-refractivity contribution in [2.24, 2.45) is 23.7 Å². The summed E-state index contributed by atoms with van der Waals surface area (Å²) in [5.74, 6) is 4.08. The molecule has 3 rings (SSSR count). The first-order valence-corrected chi connectivity index (χ1v) is 6.66. The second kappa shape index (κ2) is 3.74. The van der Waals surface area contributed by atoms with Gasteiger partial charge in [-0.1, -0.05) is 6.42 Å². The number of hydrogen-bond acceptors (Lipinski definition) is 2. The van der Waals surface area contributed by atoms with Crippen LogP contribution in [0.3, 0.4) is 0 Å². The Morgan fingerprint density at radius 3 is 2.80 bits per heavy atom. The van der Waals surface area contributed by atoms with E-state index in [1.807, 2.05) is 0 Å². The van der Waals surface area contributed by atoms with Gasteiger partial charge in [0, 0.05) is 12.1 Å². The standard InChI is InChI=1S/C13H23NO/c1-8(7-15)14-13-6-9-5-12(13)11-4-2-3-10(9)11/h8-15H,2-7H2,1H3/t8-,9-,10+,11-,12+,13-/m1/s1. The summed E-state index contributed by atoms with van der Waals surface area (Å²) in [5.41, 5.74) is 0.